The second-order valence-electron chi connectivity index (χ2n) is 7.63. The molecule has 0 saturated carbocycles. The summed E-state index contributed by atoms with van der Waals surface area (Å²) in [4.78, 5) is 26.8. The lowest BCUT2D eigenvalue weighted by Gasteiger charge is -2.26. The second-order valence-corrected chi connectivity index (χ2v) is 7.63. The Kier molecular flexibility index (Phi) is 6.72. The van der Waals surface area contributed by atoms with E-state index < -0.39 is 0 Å². The van der Waals surface area contributed by atoms with E-state index in [1.54, 1.807) is 0 Å². The molecule has 0 aliphatic carbocycles. The van der Waals surface area contributed by atoms with Crippen molar-refractivity contribution in [1.82, 2.24) is 5.32 Å². The first-order chi connectivity index (χ1) is 15.7. The van der Waals surface area contributed by atoms with E-state index in [2.05, 4.69) is 17.2 Å². The number of nitrogens with zero attached hydrogens (tertiary/aromatic N) is 1. The van der Waals surface area contributed by atoms with Gasteiger partial charge in [0.25, 0.3) is 5.91 Å². The molecule has 2 amide bonds. The fraction of sp³-hybridized carbons (Fsp3) is 0.259. The van der Waals surface area contributed by atoms with Gasteiger partial charge in [-0.2, -0.15) is 0 Å². The Balaban J connectivity index is 1.43. The number of hydrogen-bond donors (Lipinski definition) is 1. The Bertz CT molecular complexity index is 1190. The lowest BCUT2D eigenvalue weighted by molar-refractivity contribution is -0.119. The van der Waals surface area contributed by atoms with Crippen LogP contribution in [0.1, 0.15) is 42.1 Å². The topological polar surface area (TPSA) is 58.6 Å². The van der Waals surface area contributed by atoms with E-state index in [0.717, 1.165) is 41.4 Å². The van der Waals surface area contributed by atoms with E-state index in [1.807, 2.05) is 72.5 Å². The number of ether oxygens (including phenoxy) is 1. The lowest BCUT2D eigenvalue weighted by Crippen LogP contribution is -2.35. The summed E-state index contributed by atoms with van der Waals surface area (Å²) >= 11 is 0. The summed E-state index contributed by atoms with van der Waals surface area (Å²) in [5.74, 6) is 6.61. The van der Waals surface area contributed by atoms with Crippen LogP contribution >= 0.6 is 0 Å². The third-order valence-corrected chi connectivity index (χ3v) is 5.49. The smallest absolute Gasteiger partial charge is 0.256 e. The van der Waals surface area contributed by atoms with Gasteiger partial charge in [-0.05, 0) is 60.9 Å². The van der Waals surface area contributed by atoms with Crippen molar-refractivity contribution in [2.24, 2.45) is 0 Å². The highest BCUT2D eigenvalue weighted by Gasteiger charge is 2.19. The van der Waals surface area contributed by atoms with Gasteiger partial charge in [-0.15, -0.1) is 0 Å². The maximum atomic E-state index is 12.9. The SMILES string of the molecule is CCOc1ccc2ccccc2c1C(=O)NCC#Cc1ccc(N2CCCCC2=O)cc1. The minimum Gasteiger partial charge on any atom is -0.493 e. The van der Waals surface area contributed by atoms with Crippen LogP contribution in [0.4, 0.5) is 5.69 Å². The van der Waals surface area contributed by atoms with Crippen molar-refractivity contribution in [3.05, 3.63) is 71.8 Å². The molecule has 0 bridgehead atoms. The normalized spacial score (nSPS) is 13.4. The minimum atomic E-state index is -0.210. The Labute approximate surface area is 188 Å². The number of anilines is 1. The predicted octanol–water partition coefficient (Wildman–Crippen LogP) is 4.54. The number of piperidine rings is 1. The highest BCUT2D eigenvalue weighted by molar-refractivity contribution is 6.09. The minimum absolute atomic E-state index is 0.178. The van der Waals surface area contributed by atoms with Crippen LogP contribution in [0.15, 0.2) is 60.7 Å². The van der Waals surface area contributed by atoms with Crippen molar-refractivity contribution < 1.29 is 14.3 Å². The third kappa shape index (κ3) is 4.76. The quantitative estimate of drug-likeness (QED) is 0.610. The van der Waals surface area contributed by atoms with E-state index in [9.17, 15) is 9.59 Å². The first kappa shape index (κ1) is 21.5. The van der Waals surface area contributed by atoms with Gasteiger partial charge in [0.05, 0.1) is 18.7 Å². The van der Waals surface area contributed by atoms with Gasteiger partial charge in [-0.25, -0.2) is 0 Å². The van der Waals surface area contributed by atoms with Gasteiger partial charge in [0.1, 0.15) is 5.75 Å². The van der Waals surface area contributed by atoms with Gasteiger partial charge in [0.15, 0.2) is 0 Å². The van der Waals surface area contributed by atoms with Crippen LogP contribution in [-0.2, 0) is 4.79 Å². The van der Waals surface area contributed by atoms with E-state index in [1.165, 1.54) is 0 Å². The van der Waals surface area contributed by atoms with E-state index in [-0.39, 0.29) is 18.4 Å². The van der Waals surface area contributed by atoms with Crippen LogP contribution in [0.25, 0.3) is 10.8 Å². The molecular formula is C27H26N2O3. The van der Waals surface area contributed by atoms with E-state index >= 15 is 0 Å². The number of hydrogen-bond acceptors (Lipinski definition) is 3. The summed E-state index contributed by atoms with van der Waals surface area (Å²) in [6, 6.07) is 19.2. The number of benzene rings is 3. The first-order valence-corrected chi connectivity index (χ1v) is 11.0. The number of carbonyl (C=O) groups is 2. The molecule has 0 unspecified atom stereocenters. The van der Waals surface area contributed by atoms with Crippen LogP contribution in [0.5, 0.6) is 5.75 Å². The zero-order valence-electron chi connectivity index (χ0n) is 18.2. The number of rotatable bonds is 5. The summed E-state index contributed by atoms with van der Waals surface area (Å²) in [7, 11) is 0. The maximum absolute atomic E-state index is 12.9. The number of carbonyl (C=O) groups excluding carboxylic acids is 2. The fourth-order valence-corrected chi connectivity index (χ4v) is 3.92. The van der Waals surface area contributed by atoms with Crippen molar-refractivity contribution in [2.75, 3.05) is 24.6 Å². The monoisotopic (exact) mass is 426 g/mol. The number of amides is 2. The molecule has 0 atom stereocenters. The molecule has 5 heteroatoms. The van der Waals surface area contributed by atoms with Gasteiger partial charge in [-0.1, -0.05) is 42.2 Å². The molecule has 0 radical (unpaired) electrons. The summed E-state index contributed by atoms with van der Waals surface area (Å²) in [5.41, 5.74) is 2.28. The zero-order valence-corrected chi connectivity index (χ0v) is 18.2. The molecule has 162 valence electrons. The van der Waals surface area contributed by atoms with Crippen LogP contribution in [0.2, 0.25) is 0 Å². The highest BCUT2D eigenvalue weighted by Crippen LogP contribution is 2.28. The standard InChI is InChI=1S/C27H26N2O3/c1-2-32-24-17-14-21-9-3-4-10-23(21)26(24)27(31)28-18-7-8-20-12-15-22(16-13-20)29-19-6-5-11-25(29)30/h3-4,9-10,12-17H,2,5-6,11,18-19H2,1H3,(H,28,31). The Hall–Kier alpha value is -3.78. The number of fused-ring (bicyclic) bond motifs is 1. The maximum Gasteiger partial charge on any atom is 0.256 e. The molecule has 1 aliphatic rings. The largest absolute Gasteiger partial charge is 0.493 e. The van der Waals surface area contributed by atoms with Gasteiger partial charge >= 0.3 is 0 Å². The summed E-state index contributed by atoms with van der Waals surface area (Å²) in [6.07, 6.45) is 2.62. The Morgan fingerprint density at radius 3 is 2.66 bits per heavy atom. The molecule has 3 aromatic rings. The summed E-state index contributed by atoms with van der Waals surface area (Å²) < 4.78 is 5.69. The molecule has 1 N–H and O–H groups in total. The van der Waals surface area contributed by atoms with E-state index in [0.29, 0.717) is 24.3 Å². The molecule has 1 saturated heterocycles. The van der Waals surface area contributed by atoms with Gasteiger partial charge in [0, 0.05) is 24.2 Å². The molecule has 3 aromatic carbocycles. The van der Waals surface area contributed by atoms with Crippen molar-refractivity contribution in [1.29, 1.82) is 0 Å². The summed E-state index contributed by atoms with van der Waals surface area (Å²) in [5, 5.41) is 4.72. The van der Waals surface area contributed by atoms with Crippen molar-refractivity contribution in [3.8, 4) is 17.6 Å². The Morgan fingerprint density at radius 2 is 1.88 bits per heavy atom. The highest BCUT2D eigenvalue weighted by atomic mass is 16.5. The average Bonchev–Trinajstić information content (AvgIpc) is 2.82. The molecule has 1 aliphatic heterocycles. The van der Waals surface area contributed by atoms with Gasteiger partial charge in [0.2, 0.25) is 5.91 Å². The van der Waals surface area contributed by atoms with Gasteiger partial charge in [-0.3, -0.25) is 9.59 Å². The predicted molar refractivity (Wildman–Crippen MR) is 127 cm³/mol. The van der Waals surface area contributed by atoms with Crippen molar-refractivity contribution in [2.45, 2.75) is 26.2 Å². The molecule has 1 heterocycles. The zero-order chi connectivity index (χ0) is 22.3. The number of nitrogens with one attached hydrogen (secondary N) is 1. The van der Waals surface area contributed by atoms with Crippen LogP contribution < -0.4 is 15.0 Å². The molecule has 4 rings (SSSR count). The van der Waals surface area contributed by atoms with Gasteiger partial charge < -0.3 is 15.0 Å². The molecule has 0 aromatic heterocycles. The average molecular weight is 427 g/mol. The molecule has 0 spiro atoms. The molecule has 1 fully saturated rings. The van der Waals surface area contributed by atoms with Crippen LogP contribution in [-0.4, -0.2) is 31.5 Å². The molecule has 5 nitrogen and oxygen atoms in total. The lowest BCUT2D eigenvalue weighted by atomic mass is 10.0. The van der Waals surface area contributed by atoms with E-state index in [4.69, 9.17) is 4.74 Å². The Morgan fingerprint density at radius 1 is 1.06 bits per heavy atom. The van der Waals surface area contributed by atoms with Crippen molar-refractivity contribution in [3.63, 3.8) is 0 Å². The molecular weight excluding hydrogens is 400 g/mol. The summed E-state index contributed by atoms with van der Waals surface area (Å²) in [6.45, 7) is 3.38. The van der Waals surface area contributed by atoms with Crippen LogP contribution in [0.3, 0.4) is 0 Å². The second kappa shape index (κ2) is 10.0. The first-order valence-electron chi connectivity index (χ1n) is 11.0. The third-order valence-electron chi connectivity index (χ3n) is 5.49. The molecule has 32 heavy (non-hydrogen) atoms. The van der Waals surface area contributed by atoms with Crippen molar-refractivity contribution >= 4 is 28.3 Å². The van der Waals surface area contributed by atoms with Crippen LogP contribution in [0, 0.1) is 11.8 Å². The fourth-order valence-electron chi connectivity index (χ4n) is 3.92.